The standard InChI is InChI=1S/C24H20F2O4/c1-28-22-12-17(8-11-21(27)19-10-9-18(25)14-20(19)26)13-23(29-2)24(22)30-15-16-6-4-3-5-7-16/h3-14H,15H2,1-2H3/b11-8+. The Morgan fingerprint density at radius 3 is 2.20 bits per heavy atom. The third-order valence-electron chi connectivity index (χ3n) is 4.33. The van der Waals surface area contributed by atoms with Gasteiger partial charge in [-0.25, -0.2) is 8.78 Å². The Bertz CT molecular complexity index is 1040. The molecule has 0 fully saturated rings. The predicted octanol–water partition coefficient (Wildman–Crippen LogP) is 5.46. The van der Waals surface area contributed by atoms with E-state index < -0.39 is 17.4 Å². The van der Waals surface area contributed by atoms with Crippen LogP contribution in [0.2, 0.25) is 0 Å². The van der Waals surface area contributed by atoms with Crippen molar-refractivity contribution in [3.8, 4) is 17.2 Å². The van der Waals surface area contributed by atoms with Crippen LogP contribution in [-0.4, -0.2) is 20.0 Å². The van der Waals surface area contributed by atoms with Gasteiger partial charge in [-0.1, -0.05) is 36.4 Å². The van der Waals surface area contributed by atoms with Crippen LogP contribution in [0.15, 0.2) is 66.7 Å². The van der Waals surface area contributed by atoms with Crippen molar-refractivity contribution in [2.75, 3.05) is 14.2 Å². The van der Waals surface area contributed by atoms with E-state index in [1.54, 1.807) is 12.1 Å². The van der Waals surface area contributed by atoms with E-state index in [1.165, 1.54) is 26.4 Å². The van der Waals surface area contributed by atoms with Gasteiger partial charge in [-0.2, -0.15) is 0 Å². The summed E-state index contributed by atoms with van der Waals surface area (Å²) < 4.78 is 43.5. The highest BCUT2D eigenvalue weighted by atomic mass is 19.1. The molecule has 0 aliphatic heterocycles. The number of ether oxygens (including phenoxy) is 3. The van der Waals surface area contributed by atoms with E-state index in [0.29, 0.717) is 35.5 Å². The van der Waals surface area contributed by atoms with E-state index in [2.05, 4.69) is 0 Å². The number of hydrogen-bond donors (Lipinski definition) is 0. The molecule has 154 valence electrons. The highest BCUT2D eigenvalue weighted by molar-refractivity contribution is 6.07. The summed E-state index contributed by atoms with van der Waals surface area (Å²) in [5.74, 6) is -0.972. The lowest BCUT2D eigenvalue weighted by Crippen LogP contribution is -2.01. The van der Waals surface area contributed by atoms with Gasteiger partial charge in [0, 0.05) is 6.07 Å². The number of hydrogen-bond acceptors (Lipinski definition) is 4. The van der Waals surface area contributed by atoms with Crippen molar-refractivity contribution in [3.63, 3.8) is 0 Å². The van der Waals surface area contributed by atoms with E-state index in [9.17, 15) is 13.6 Å². The molecule has 3 aromatic carbocycles. The molecule has 0 radical (unpaired) electrons. The largest absolute Gasteiger partial charge is 0.493 e. The summed E-state index contributed by atoms with van der Waals surface area (Å²) >= 11 is 0. The number of benzene rings is 3. The summed E-state index contributed by atoms with van der Waals surface area (Å²) in [5, 5.41) is 0. The maximum absolute atomic E-state index is 13.8. The van der Waals surface area contributed by atoms with E-state index in [-0.39, 0.29) is 5.56 Å². The molecule has 0 aliphatic rings. The van der Waals surface area contributed by atoms with Crippen LogP contribution in [0.3, 0.4) is 0 Å². The SMILES string of the molecule is COc1cc(/C=C/C(=O)c2ccc(F)cc2F)cc(OC)c1OCc1ccccc1. The monoisotopic (exact) mass is 410 g/mol. The number of carbonyl (C=O) groups excluding carboxylic acids is 1. The van der Waals surface area contributed by atoms with E-state index >= 15 is 0 Å². The first kappa shape index (κ1) is 21.0. The molecule has 4 nitrogen and oxygen atoms in total. The lowest BCUT2D eigenvalue weighted by atomic mass is 10.1. The van der Waals surface area contributed by atoms with Crippen LogP contribution >= 0.6 is 0 Å². The highest BCUT2D eigenvalue weighted by Gasteiger charge is 2.15. The molecule has 6 heteroatoms. The van der Waals surface area contributed by atoms with Gasteiger partial charge in [-0.05, 0) is 41.5 Å². The fourth-order valence-corrected chi connectivity index (χ4v) is 2.82. The van der Waals surface area contributed by atoms with Crippen LogP contribution < -0.4 is 14.2 Å². The van der Waals surface area contributed by atoms with E-state index in [0.717, 1.165) is 17.7 Å². The summed E-state index contributed by atoms with van der Waals surface area (Å²) in [6.07, 6.45) is 2.70. The molecule has 30 heavy (non-hydrogen) atoms. The molecule has 0 saturated carbocycles. The van der Waals surface area contributed by atoms with Crippen LogP contribution in [0.4, 0.5) is 8.78 Å². The minimum atomic E-state index is -0.913. The first-order valence-corrected chi connectivity index (χ1v) is 9.12. The van der Waals surface area contributed by atoms with Gasteiger partial charge < -0.3 is 14.2 Å². The number of allylic oxidation sites excluding steroid dienone is 1. The van der Waals surface area contributed by atoms with Crippen LogP contribution in [-0.2, 0) is 6.61 Å². The Labute approximate surface area is 173 Å². The molecule has 0 spiro atoms. The third-order valence-corrected chi connectivity index (χ3v) is 4.33. The average molecular weight is 410 g/mol. The van der Waals surface area contributed by atoms with Crippen molar-refractivity contribution in [3.05, 3.63) is 95.1 Å². The molecule has 0 saturated heterocycles. The molecule has 0 heterocycles. The second-order valence-corrected chi connectivity index (χ2v) is 6.35. The third kappa shape index (κ3) is 5.03. The van der Waals surface area contributed by atoms with Crippen molar-refractivity contribution in [2.45, 2.75) is 6.61 Å². The predicted molar refractivity (Wildman–Crippen MR) is 110 cm³/mol. The van der Waals surface area contributed by atoms with Crippen LogP contribution in [0.25, 0.3) is 6.08 Å². The van der Waals surface area contributed by atoms with Crippen LogP contribution in [0, 0.1) is 11.6 Å². The molecule has 0 aliphatic carbocycles. The second kappa shape index (κ2) is 9.69. The van der Waals surface area contributed by atoms with Crippen molar-refractivity contribution in [1.29, 1.82) is 0 Å². The van der Waals surface area contributed by atoms with Crippen molar-refractivity contribution in [1.82, 2.24) is 0 Å². The first-order valence-electron chi connectivity index (χ1n) is 9.12. The van der Waals surface area contributed by atoms with Crippen LogP contribution in [0.1, 0.15) is 21.5 Å². The van der Waals surface area contributed by atoms with Gasteiger partial charge in [0.05, 0.1) is 19.8 Å². The number of methoxy groups -OCH3 is 2. The lowest BCUT2D eigenvalue weighted by Gasteiger charge is -2.15. The highest BCUT2D eigenvalue weighted by Crippen LogP contribution is 2.39. The summed E-state index contributed by atoms with van der Waals surface area (Å²) in [7, 11) is 2.99. The van der Waals surface area contributed by atoms with Gasteiger partial charge in [-0.15, -0.1) is 0 Å². The molecule has 0 atom stereocenters. The van der Waals surface area contributed by atoms with Crippen molar-refractivity contribution in [2.24, 2.45) is 0 Å². The zero-order valence-corrected chi connectivity index (χ0v) is 16.5. The Hall–Kier alpha value is -3.67. The molecule has 3 rings (SSSR count). The number of rotatable bonds is 8. The van der Waals surface area contributed by atoms with Crippen LogP contribution in [0.5, 0.6) is 17.2 Å². The second-order valence-electron chi connectivity index (χ2n) is 6.35. The maximum atomic E-state index is 13.8. The zero-order valence-electron chi connectivity index (χ0n) is 16.5. The Kier molecular flexibility index (Phi) is 6.80. The average Bonchev–Trinajstić information content (AvgIpc) is 2.76. The first-order chi connectivity index (χ1) is 14.5. The quantitative estimate of drug-likeness (QED) is 0.366. The normalized spacial score (nSPS) is 10.8. The minimum Gasteiger partial charge on any atom is -0.493 e. The smallest absolute Gasteiger partial charge is 0.203 e. The minimum absolute atomic E-state index is 0.214. The zero-order chi connectivity index (χ0) is 21.5. The topological polar surface area (TPSA) is 44.8 Å². The molecule has 0 bridgehead atoms. The van der Waals surface area contributed by atoms with E-state index in [4.69, 9.17) is 14.2 Å². The van der Waals surface area contributed by atoms with E-state index in [1.807, 2.05) is 30.3 Å². The van der Waals surface area contributed by atoms with Gasteiger partial charge >= 0.3 is 0 Å². The molecule has 0 unspecified atom stereocenters. The van der Waals surface area contributed by atoms with Gasteiger partial charge in [0.15, 0.2) is 17.3 Å². The number of halogens is 2. The van der Waals surface area contributed by atoms with Gasteiger partial charge in [-0.3, -0.25) is 4.79 Å². The summed E-state index contributed by atoms with van der Waals surface area (Å²) in [4.78, 5) is 12.2. The van der Waals surface area contributed by atoms with Crippen molar-refractivity contribution >= 4 is 11.9 Å². The summed E-state index contributed by atoms with van der Waals surface area (Å²) in [5.41, 5.74) is 1.36. The Balaban J connectivity index is 1.83. The fourth-order valence-electron chi connectivity index (χ4n) is 2.82. The van der Waals surface area contributed by atoms with Gasteiger partial charge in [0.1, 0.15) is 18.2 Å². The number of ketones is 1. The maximum Gasteiger partial charge on any atom is 0.203 e. The molecular formula is C24H20F2O4. The fraction of sp³-hybridized carbons (Fsp3) is 0.125. The molecule has 0 aromatic heterocycles. The Morgan fingerprint density at radius 1 is 0.933 bits per heavy atom. The summed E-state index contributed by atoms with van der Waals surface area (Å²) in [6, 6.07) is 15.8. The molecule has 0 N–H and O–H groups in total. The van der Waals surface area contributed by atoms with Gasteiger partial charge in [0.2, 0.25) is 5.75 Å². The molecule has 0 amide bonds. The Morgan fingerprint density at radius 2 is 1.60 bits per heavy atom. The number of carbonyl (C=O) groups is 1. The van der Waals surface area contributed by atoms with Crippen molar-refractivity contribution < 1.29 is 27.8 Å². The molecule has 3 aromatic rings. The molecular weight excluding hydrogens is 390 g/mol. The lowest BCUT2D eigenvalue weighted by molar-refractivity contribution is 0.104. The summed E-state index contributed by atoms with van der Waals surface area (Å²) in [6.45, 7) is 0.324. The van der Waals surface area contributed by atoms with Gasteiger partial charge in [0.25, 0.3) is 0 Å².